The molecule has 1 aliphatic rings. The summed E-state index contributed by atoms with van der Waals surface area (Å²) in [5.74, 6) is 0.398. The van der Waals surface area contributed by atoms with E-state index in [1.807, 2.05) is 13.2 Å². The summed E-state index contributed by atoms with van der Waals surface area (Å²) >= 11 is 0. The molecular formula is C14H19N5O2. The van der Waals surface area contributed by atoms with Crippen LogP contribution in [0.3, 0.4) is 0 Å². The lowest BCUT2D eigenvalue weighted by Crippen LogP contribution is -2.41. The second-order valence-corrected chi connectivity index (χ2v) is 5.65. The summed E-state index contributed by atoms with van der Waals surface area (Å²) < 4.78 is 3.40. The zero-order valence-electron chi connectivity index (χ0n) is 12.1. The van der Waals surface area contributed by atoms with Gasteiger partial charge >= 0.3 is 0 Å². The molecule has 1 atom stereocenters. The second-order valence-electron chi connectivity index (χ2n) is 5.65. The first-order chi connectivity index (χ1) is 10.0. The number of aryl methyl sites for hydroxylation is 2. The first kappa shape index (κ1) is 13.8. The van der Waals surface area contributed by atoms with Gasteiger partial charge in [0.15, 0.2) is 5.82 Å². The molecule has 2 N–H and O–H groups in total. The number of aliphatic hydroxyl groups is 1. The molecule has 7 heteroatoms. The van der Waals surface area contributed by atoms with E-state index in [9.17, 15) is 9.90 Å². The molecule has 1 amide bonds. The van der Waals surface area contributed by atoms with Crippen molar-refractivity contribution in [3.05, 3.63) is 36.2 Å². The predicted molar refractivity (Wildman–Crippen MR) is 75.4 cm³/mol. The summed E-state index contributed by atoms with van der Waals surface area (Å²) in [5.41, 5.74) is 0.956. The molecule has 21 heavy (non-hydrogen) atoms. The van der Waals surface area contributed by atoms with Crippen LogP contribution in [0.2, 0.25) is 0 Å². The van der Waals surface area contributed by atoms with Crippen LogP contribution >= 0.6 is 0 Å². The molecule has 0 bridgehead atoms. The summed E-state index contributed by atoms with van der Waals surface area (Å²) in [7, 11) is 3.63. The number of imidazole rings is 1. The quantitative estimate of drug-likeness (QED) is 0.853. The number of hydrogen-bond donors (Lipinski definition) is 2. The minimum absolute atomic E-state index is 0.147. The Labute approximate surface area is 122 Å². The Kier molecular flexibility index (Phi) is 3.50. The normalized spacial score (nSPS) is 22.6. The molecule has 3 rings (SSSR count). The van der Waals surface area contributed by atoms with Crippen molar-refractivity contribution >= 4 is 5.91 Å². The van der Waals surface area contributed by atoms with Crippen LogP contribution in [-0.4, -0.2) is 36.4 Å². The third kappa shape index (κ3) is 2.69. The fourth-order valence-electron chi connectivity index (χ4n) is 2.77. The Morgan fingerprint density at radius 3 is 2.76 bits per heavy atom. The lowest BCUT2D eigenvalue weighted by Gasteiger charge is -2.37. The smallest absolute Gasteiger partial charge is 0.287 e. The second kappa shape index (κ2) is 5.33. The highest BCUT2D eigenvalue weighted by Crippen LogP contribution is 2.38. The first-order valence-corrected chi connectivity index (χ1v) is 6.99. The Bertz CT molecular complexity index is 641. The van der Waals surface area contributed by atoms with Gasteiger partial charge in [0, 0.05) is 38.2 Å². The van der Waals surface area contributed by atoms with Gasteiger partial charge in [-0.05, 0) is 18.8 Å². The van der Waals surface area contributed by atoms with Crippen molar-refractivity contribution in [1.82, 2.24) is 24.6 Å². The third-order valence-electron chi connectivity index (χ3n) is 4.02. The van der Waals surface area contributed by atoms with Gasteiger partial charge in [0.2, 0.25) is 0 Å². The van der Waals surface area contributed by atoms with E-state index in [2.05, 4.69) is 15.4 Å². The number of carbonyl (C=O) groups is 1. The molecule has 2 heterocycles. The molecule has 7 nitrogen and oxygen atoms in total. The zero-order valence-corrected chi connectivity index (χ0v) is 12.1. The lowest BCUT2D eigenvalue weighted by atomic mass is 9.75. The van der Waals surface area contributed by atoms with Gasteiger partial charge in [0.05, 0.1) is 18.3 Å². The SMILES string of the molecule is Cn1cc(C(NC(=O)c2nccn2C)C2CC(O)C2)cn1. The highest BCUT2D eigenvalue weighted by molar-refractivity contribution is 5.91. The maximum atomic E-state index is 12.4. The van der Waals surface area contributed by atoms with Gasteiger partial charge in [-0.2, -0.15) is 5.10 Å². The van der Waals surface area contributed by atoms with E-state index in [1.54, 1.807) is 34.9 Å². The molecule has 0 saturated heterocycles. The average Bonchev–Trinajstić information content (AvgIpc) is 3.01. The van der Waals surface area contributed by atoms with Gasteiger partial charge in [-0.1, -0.05) is 0 Å². The molecular weight excluding hydrogens is 270 g/mol. The van der Waals surface area contributed by atoms with Crippen molar-refractivity contribution in [2.24, 2.45) is 20.0 Å². The van der Waals surface area contributed by atoms with Crippen molar-refractivity contribution in [3.63, 3.8) is 0 Å². The number of amides is 1. The molecule has 1 fully saturated rings. The Hall–Kier alpha value is -2.15. The van der Waals surface area contributed by atoms with Crippen molar-refractivity contribution in [3.8, 4) is 0 Å². The van der Waals surface area contributed by atoms with E-state index < -0.39 is 0 Å². The average molecular weight is 289 g/mol. The molecule has 0 aliphatic heterocycles. The Morgan fingerprint density at radius 1 is 1.48 bits per heavy atom. The standard InChI is InChI=1S/C14H19N5O2/c1-18-4-3-15-13(18)14(21)17-12(9-5-11(20)6-9)10-7-16-19(2)8-10/h3-4,7-9,11-12,20H,5-6H2,1-2H3,(H,17,21). The fraction of sp³-hybridized carbons (Fsp3) is 0.500. The Morgan fingerprint density at radius 2 is 2.24 bits per heavy atom. The van der Waals surface area contributed by atoms with E-state index in [0.717, 1.165) is 5.56 Å². The van der Waals surface area contributed by atoms with Crippen LogP contribution in [0.15, 0.2) is 24.8 Å². The van der Waals surface area contributed by atoms with E-state index >= 15 is 0 Å². The predicted octanol–water partition coefficient (Wildman–Crippen LogP) is 0.396. The molecule has 1 unspecified atom stereocenters. The molecule has 0 aromatic carbocycles. The van der Waals surface area contributed by atoms with Crippen LogP contribution in [0.4, 0.5) is 0 Å². The largest absolute Gasteiger partial charge is 0.393 e. The topological polar surface area (TPSA) is 85.0 Å². The summed E-state index contributed by atoms with van der Waals surface area (Å²) in [4.78, 5) is 16.4. The molecule has 1 aliphatic carbocycles. The van der Waals surface area contributed by atoms with Gasteiger partial charge in [0.1, 0.15) is 0 Å². The maximum absolute atomic E-state index is 12.4. The molecule has 0 radical (unpaired) electrons. The highest BCUT2D eigenvalue weighted by atomic mass is 16.3. The van der Waals surface area contributed by atoms with Crippen molar-refractivity contribution in [2.45, 2.75) is 25.0 Å². The van der Waals surface area contributed by atoms with Gasteiger partial charge < -0.3 is 15.0 Å². The van der Waals surface area contributed by atoms with E-state index in [4.69, 9.17) is 0 Å². The maximum Gasteiger partial charge on any atom is 0.287 e. The van der Waals surface area contributed by atoms with Gasteiger partial charge in [0.25, 0.3) is 5.91 Å². The molecule has 0 spiro atoms. The minimum Gasteiger partial charge on any atom is -0.393 e. The van der Waals surface area contributed by atoms with E-state index in [1.165, 1.54) is 0 Å². The number of aliphatic hydroxyl groups excluding tert-OH is 1. The molecule has 2 aromatic heterocycles. The summed E-state index contributed by atoms with van der Waals surface area (Å²) in [6.07, 6.45) is 8.12. The minimum atomic E-state index is -0.265. The number of nitrogens with one attached hydrogen (secondary N) is 1. The van der Waals surface area contributed by atoms with Gasteiger partial charge in [-0.3, -0.25) is 9.48 Å². The van der Waals surface area contributed by atoms with Gasteiger partial charge in [-0.25, -0.2) is 4.98 Å². The van der Waals surface area contributed by atoms with E-state index in [-0.39, 0.29) is 24.0 Å². The fourth-order valence-corrected chi connectivity index (χ4v) is 2.77. The number of rotatable bonds is 4. The lowest BCUT2D eigenvalue weighted by molar-refractivity contribution is 0.0233. The van der Waals surface area contributed by atoms with Crippen LogP contribution in [0.25, 0.3) is 0 Å². The zero-order chi connectivity index (χ0) is 15.0. The number of nitrogens with zero attached hydrogens (tertiary/aromatic N) is 4. The molecule has 1 saturated carbocycles. The van der Waals surface area contributed by atoms with Crippen molar-refractivity contribution < 1.29 is 9.90 Å². The number of hydrogen-bond acceptors (Lipinski definition) is 4. The number of carbonyl (C=O) groups excluding carboxylic acids is 1. The van der Waals surface area contributed by atoms with Crippen LogP contribution in [0.5, 0.6) is 0 Å². The first-order valence-electron chi connectivity index (χ1n) is 6.99. The Balaban J connectivity index is 1.79. The summed E-state index contributed by atoms with van der Waals surface area (Å²) in [6, 6.07) is -0.147. The van der Waals surface area contributed by atoms with Crippen LogP contribution in [-0.2, 0) is 14.1 Å². The van der Waals surface area contributed by atoms with Crippen molar-refractivity contribution in [1.29, 1.82) is 0 Å². The van der Waals surface area contributed by atoms with Gasteiger partial charge in [-0.15, -0.1) is 0 Å². The molecule has 2 aromatic rings. The monoisotopic (exact) mass is 289 g/mol. The highest BCUT2D eigenvalue weighted by Gasteiger charge is 2.36. The summed E-state index contributed by atoms with van der Waals surface area (Å²) in [5, 5.41) is 16.7. The number of aromatic nitrogens is 4. The third-order valence-corrected chi connectivity index (χ3v) is 4.02. The van der Waals surface area contributed by atoms with Crippen LogP contribution in [0, 0.1) is 5.92 Å². The molecule has 112 valence electrons. The summed E-state index contributed by atoms with van der Waals surface area (Å²) in [6.45, 7) is 0. The van der Waals surface area contributed by atoms with Crippen molar-refractivity contribution in [2.75, 3.05) is 0 Å². The van der Waals surface area contributed by atoms with Crippen LogP contribution < -0.4 is 5.32 Å². The van der Waals surface area contributed by atoms with E-state index in [0.29, 0.717) is 18.7 Å². The van der Waals surface area contributed by atoms with Crippen LogP contribution in [0.1, 0.15) is 35.1 Å².